The van der Waals surface area contributed by atoms with E-state index < -0.39 is 0 Å². The molecule has 0 radical (unpaired) electrons. The van der Waals surface area contributed by atoms with Crippen molar-refractivity contribution in [1.29, 1.82) is 0 Å². The lowest BCUT2D eigenvalue weighted by Crippen LogP contribution is -2.42. The highest BCUT2D eigenvalue weighted by atomic mass is 19.1. The van der Waals surface area contributed by atoms with Gasteiger partial charge in [-0.05, 0) is 117 Å². The Balaban J connectivity index is 0.878. The van der Waals surface area contributed by atoms with E-state index in [9.17, 15) is 0 Å². The Morgan fingerprint density at radius 2 is 1.62 bits per heavy atom. The van der Waals surface area contributed by atoms with Crippen LogP contribution in [0.5, 0.6) is 0 Å². The van der Waals surface area contributed by atoms with E-state index >= 15 is 4.39 Å². The molecule has 5 atom stereocenters. The molecule has 2 fully saturated rings. The van der Waals surface area contributed by atoms with E-state index in [-0.39, 0.29) is 30.4 Å². The monoisotopic (exact) mass is 1140 g/mol. The van der Waals surface area contributed by atoms with Gasteiger partial charge >= 0.3 is 0 Å². The minimum Gasteiger partial charge on any atom is -0.493 e. The van der Waals surface area contributed by atoms with Crippen LogP contribution in [0.4, 0.5) is 10.1 Å². The SMILES string of the molecule is C=C(CN(C)C(=C)CCCCCN1C(=C)CC(C(CC)CCC)C1=C)NCC(=C)N(C)C(Cc1ccccc1)C(=C)NCC(=C)N(C)COCC(=C)NC1CCc2cc(cc(F)c2C)/N=C2/C3=CC4=C(COC(=C)C4CC)C(=C)N3C/C2=C\1C. The van der Waals surface area contributed by atoms with Gasteiger partial charge in [-0.25, -0.2) is 9.38 Å². The van der Waals surface area contributed by atoms with Gasteiger partial charge in [-0.1, -0.05) is 143 Å². The topological polar surface area (TPSA) is 83.1 Å². The Morgan fingerprint density at radius 3 is 2.33 bits per heavy atom. The maximum atomic E-state index is 15.6. The Hall–Kier alpha value is -7.18. The quantitative estimate of drug-likeness (QED) is 0.0487. The summed E-state index contributed by atoms with van der Waals surface area (Å²) in [7, 11) is 6.14. The fourth-order valence-electron chi connectivity index (χ4n) is 12.6. The zero-order chi connectivity index (χ0) is 60.9. The molecule has 2 saturated heterocycles. The summed E-state index contributed by atoms with van der Waals surface area (Å²) < 4.78 is 27.9. The number of aliphatic imine (C=N–C) groups is 1. The molecule has 0 aliphatic carbocycles. The standard InChI is InChI=1S/C72H100FN9O2/c1-19-28-60(20-2)64-35-50(7)81(56(64)13)34-27-23-24-29-49(6)78(16)42-47(4)74-41-52(9)80(18)70(36-59-30-25-22-26-31-59)55(12)75-40-51(8)79(17)46-83-44-48(5)76-69-33-32-61-37-62(38-68(73)53(61)10)77-72-66(54(69)11)43-82-57(14)67-45-84-58(15)63(21-3)65(67)39-71(72)82/h22,25-26,30-31,37-39,60,63-64,69-70,74-76H,4-9,12-15,19-21,23-24,27-29,32-36,40-46H2,1-3,10-11,16-18H3/b66-54+,77-72+. The molecule has 11 nitrogen and oxygen atoms in total. The predicted octanol–water partition coefficient (Wildman–Crippen LogP) is 14.4. The maximum Gasteiger partial charge on any atom is 0.128 e. The molecule has 5 heterocycles. The molecular weight excluding hydrogens is 1040 g/mol. The Morgan fingerprint density at radius 1 is 0.881 bits per heavy atom. The molecular formula is C72H100FN9O2. The van der Waals surface area contributed by atoms with Crippen LogP contribution < -0.4 is 16.0 Å². The molecule has 7 rings (SSSR count). The number of ether oxygens (including phenoxy) is 2. The van der Waals surface area contributed by atoms with Crippen LogP contribution in [-0.2, 0) is 22.3 Å². The fraction of sp³-hybridized carbons (Fsp3) is 0.458. The number of unbranched alkanes of at least 4 members (excludes halogenated alkanes) is 2. The van der Waals surface area contributed by atoms with Crippen molar-refractivity contribution in [3.8, 4) is 0 Å². The summed E-state index contributed by atoms with van der Waals surface area (Å²) in [6.07, 6.45) is 14.2. The first-order valence-corrected chi connectivity index (χ1v) is 30.7. The van der Waals surface area contributed by atoms with Crippen LogP contribution in [0, 0.1) is 30.5 Å². The van der Waals surface area contributed by atoms with E-state index in [1.54, 1.807) is 6.07 Å². The normalized spacial score (nSPS) is 20.6. The van der Waals surface area contributed by atoms with Crippen molar-refractivity contribution in [1.82, 2.24) is 40.4 Å². The smallest absolute Gasteiger partial charge is 0.128 e. The number of allylic oxidation sites excluding steroid dienone is 6. The van der Waals surface area contributed by atoms with Gasteiger partial charge in [-0.2, -0.15) is 0 Å². The van der Waals surface area contributed by atoms with E-state index in [4.69, 9.17) is 14.5 Å². The Bertz CT molecular complexity index is 2990. The highest BCUT2D eigenvalue weighted by molar-refractivity contribution is 6.17. The lowest BCUT2D eigenvalue weighted by atomic mass is 9.84. The van der Waals surface area contributed by atoms with Crippen molar-refractivity contribution in [2.75, 3.05) is 73.8 Å². The van der Waals surface area contributed by atoms with Gasteiger partial charge in [0.2, 0.25) is 0 Å². The number of rotatable bonds is 32. The first-order valence-electron chi connectivity index (χ1n) is 30.7. The Kier molecular flexibility index (Phi) is 22.7. The van der Waals surface area contributed by atoms with Gasteiger partial charge in [0.15, 0.2) is 0 Å². The molecule has 0 amide bonds. The van der Waals surface area contributed by atoms with Crippen LogP contribution in [0.15, 0.2) is 204 Å². The molecule has 0 saturated carbocycles. The zero-order valence-electron chi connectivity index (χ0n) is 52.6. The van der Waals surface area contributed by atoms with Crippen molar-refractivity contribution < 1.29 is 13.9 Å². The molecule has 5 aliphatic heterocycles. The molecule has 84 heavy (non-hydrogen) atoms. The van der Waals surface area contributed by atoms with Crippen LogP contribution in [0.25, 0.3) is 0 Å². The predicted molar refractivity (Wildman–Crippen MR) is 350 cm³/mol. The van der Waals surface area contributed by atoms with Crippen LogP contribution in [0.1, 0.15) is 109 Å². The first kappa shape index (κ1) is 64.4. The summed E-state index contributed by atoms with van der Waals surface area (Å²) in [6.45, 7) is 59.5. The number of benzene rings is 2. The van der Waals surface area contributed by atoms with Crippen molar-refractivity contribution in [2.45, 2.75) is 124 Å². The third-order valence-electron chi connectivity index (χ3n) is 18.3. The van der Waals surface area contributed by atoms with Crippen LogP contribution in [-0.4, -0.2) is 116 Å². The number of halogens is 1. The molecule has 0 aromatic heterocycles. The Labute approximate surface area is 505 Å². The highest BCUT2D eigenvalue weighted by Gasteiger charge is 2.41. The van der Waals surface area contributed by atoms with Crippen molar-refractivity contribution in [3.63, 3.8) is 0 Å². The summed E-state index contributed by atoms with van der Waals surface area (Å²) in [5, 5.41) is 10.9. The molecule has 2 aromatic rings. The average molecular weight is 1140 g/mol. The van der Waals surface area contributed by atoms with Gasteiger partial charge in [-0.3, -0.25) is 0 Å². The number of likely N-dealkylation sites (tertiary alicyclic amines) is 1. The number of nitrogens with one attached hydrogen (secondary N) is 3. The summed E-state index contributed by atoms with van der Waals surface area (Å²) in [6, 6.07) is 13.8. The number of nitrogens with zero attached hydrogens (tertiary/aromatic N) is 6. The number of aryl methyl sites for hydroxylation is 1. The van der Waals surface area contributed by atoms with E-state index in [1.807, 2.05) is 31.0 Å². The van der Waals surface area contributed by atoms with Gasteiger partial charge in [0.05, 0.1) is 61.7 Å². The highest BCUT2D eigenvalue weighted by Crippen LogP contribution is 2.46. The van der Waals surface area contributed by atoms with E-state index in [1.165, 1.54) is 41.8 Å². The second-order valence-electron chi connectivity index (χ2n) is 24.1. The second kappa shape index (κ2) is 29.6. The summed E-state index contributed by atoms with van der Waals surface area (Å²) in [4.78, 5) is 16.3. The van der Waals surface area contributed by atoms with Crippen molar-refractivity contribution in [2.24, 2.45) is 22.7 Å². The summed E-state index contributed by atoms with van der Waals surface area (Å²) in [5.74, 6) is 1.82. The lowest BCUT2D eigenvalue weighted by molar-refractivity contribution is 0.0712. The number of hydrogen-bond donors (Lipinski definition) is 3. The van der Waals surface area contributed by atoms with E-state index in [2.05, 4.69) is 173 Å². The molecule has 2 aromatic carbocycles. The van der Waals surface area contributed by atoms with Gasteiger partial charge in [-0.15, -0.1) is 0 Å². The molecule has 12 heteroatoms. The van der Waals surface area contributed by atoms with Crippen LogP contribution in [0.3, 0.4) is 0 Å². The van der Waals surface area contributed by atoms with E-state index in [0.29, 0.717) is 69.0 Å². The molecule has 0 spiro atoms. The first-order chi connectivity index (χ1) is 40.1. The lowest BCUT2D eigenvalue weighted by Gasteiger charge is -2.36. The van der Waals surface area contributed by atoms with Crippen molar-refractivity contribution >= 4 is 11.4 Å². The molecule has 3 N–H and O–H groups in total. The van der Waals surface area contributed by atoms with Crippen LogP contribution in [0.2, 0.25) is 0 Å². The third-order valence-corrected chi connectivity index (χ3v) is 18.3. The minimum atomic E-state index is -0.250. The molecule has 2 bridgehead atoms. The largest absolute Gasteiger partial charge is 0.493 e. The van der Waals surface area contributed by atoms with Gasteiger partial charge < -0.3 is 49.9 Å². The maximum absolute atomic E-state index is 15.6. The van der Waals surface area contributed by atoms with Gasteiger partial charge in [0.25, 0.3) is 0 Å². The third kappa shape index (κ3) is 15.6. The minimum absolute atomic E-state index is 0.0573. The van der Waals surface area contributed by atoms with Crippen LogP contribution >= 0.6 is 0 Å². The van der Waals surface area contributed by atoms with E-state index in [0.717, 1.165) is 137 Å². The van der Waals surface area contributed by atoms with Gasteiger partial charge in [0.1, 0.15) is 19.2 Å². The summed E-state index contributed by atoms with van der Waals surface area (Å²) in [5.41, 5.74) is 18.5. The number of fused-ring (bicyclic) bond motifs is 5. The summed E-state index contributed by atoms with van der Waals surface area (Å²) >= 11 is 0. The molecule has 5 aliphatic rings. The zero-order valence-corrected chi connectivity index (χ0v) is 52.6. The molecule has 5 unspecified atom stereocenters. The average Bonchev–Trinajstić information content (AvgIpc) is 4.12. The van der Waals surface area contributed by atoms with Crippen molar-refractivity contribution in [3.05, 3.63) is 222 Å². The molecule has 452 valence electrons. The van der Waals surface area contributed by atoms with Gasteiger partial charge in [0, 0.05) is 108 Å². The number of likely N-dealkylation sites (N-methyl/N-ethyl adjacent to an activating group) is 3. The number of hydrogen-bond acceptors (Lipinski definition) is 11. The second-order valence-corrected chi connectivity index (χ2v) is 24.1. The fourth-order valence-corrected chi connectivity index (χ4v) is 12.6.